The van der Waals surface area contributed by atoms with Gasteiger partial charge in [0.2, 0.25) is 0 Å². The normalized spacial score (nSPS) is 30.8. The van der Waals surface area contributed by atoms with Gasteiger partial charge >= 0.3 is 12.0 Å². The number of urea groups is 1. The Morgan fingerprint density at radius 2 is 2.10 bits per heavy atom. The molecule has 2 amide bonds. The number of carbonyl (C=O) groups excluding carboxylic acids is 1. The predicted octanol–water partition coefficient (Wildman–Crippen LogP) is -0.348. The molecule has 0 saturated carbocycles. The Balaban J connectivity index is 1.97. The minimum Gasteiger partial charge on any atom is -0.480 e. The third-order valence-electron chi connectivity index (χ3n) is 4.29. The van der Waals surface area contributed by atoms with Crippen LogP contribution in [-0.4, -0.2) is 88.8 Å². The molecule has 20 heavy (non-hydrogen) atoms. The first kappa shape index (κ1) is 15.1. The van der Waals surface area contributed by atoms with Gasteiger partial charge < -0.3 is 24.9 Å². The van der Waals surface area contributed by atoms with Crippen molar-refractivity contribution in [1.29, 1.82) is 0 Å². The molecule has 2 aliphatic rings. The quantitative estimate of drug-likeness (QED) is 0.740. The predicted molar refractivity (Wildman–Crippen MR) is 72.4 cm³/mol. The molecule has 2 rings (SSSR count). The number of rotatable bonds is 3. The molecule has 7 nitrogen and oxygen atoms in total. The summed E-state index contributed by atoms with van der Waals surface area (Å²) in [7, 11) is 3.73. The van der Waals surface area contributed by atoms with Crippen LogP contribution < -0.4 is 0 Å². The number of carboxylic acid groups (broad SMARTS) is 1. The van der Waals surface area contributed by atoms with E-state index in [4.69, 9.17) is 5.11 Å². The van der Waals surface area contributed by atoms with Gasteiger partial charge in [0, 0.05) is 32.6 Å². The second-order valence-electron chi connectivity index (χ2n) is 5.84. The Hall–Kier alpha value is -1.34. The molecule has 0 aromatic heterocycles. The van der Waals surface area contributed by atoms with E-state index < -0.39 is 18.1 Å². The molecular weight excluding hydrogens is 262 g/mol. The number of β-amino-alcohol motifs (C(OH)–C–C–N with tert-alkyl or cyclic N) is 1. The number of nitrogens with zero attached hydrogens (tertiary/aromatic N) is 3. The SMILES string of the molecule is CN(CC1CCCN1C)C(=O)N1C[C@H](O)C[C@H]1C(=O)O. The summed E-state index contributed by atoms with van der Waals surface area (Å²) in [5.74, 6) is -1.05. The van der Waals surface area contributed by atoms with Crippen molar-refractivity contribution in [3.8, 4) is 0 Å². The van der Waals surface area contributed by atoms with Crippen LogP contribution in [0.1, 0.15) is 19.3 Å². The van der Waals surface area contributed by atoms with Gasteiger partial charge in [-0.05, 0) is 26.4 Å². The Labute approximate surface area is 118 Å². The van der Waals surface area contributed by atoms with E-state index >= 15 is 0 Å². The fourth-order valence-corrected chi connectivity index (χ4v) is 3.08. The van der Waals surface area contributed by atoms with Gasteiger partial charge in [-0.1, -0.05) is 0 Å². The molecular formula is C13H23N3O4. The fraction of sp³-hybridized carbons (Fsp3) is 0.846. The van der Waals surface area contributed by atoms with Gasteiger partial charge in [0.1, 0.15) is 6.04 Å². The summed E-state index contributed by atoms with van der Waals surface area (Å²) in [5, 5.41) is 18.7. The van der Waals surface area contributed by atoms with Crippen LogP contribution in [0.2, 0.25) is 0 Å². The number of carbonyl (C=O) groups is 2. The maximum atomic E-state index is 12.4. The van der Waals surface area contributed by atoms with Crippen molar-refractivity contribution >= 4 is 12.0 Å². The van der Waals surface area contributed by atoms with Crippen LogP contribution in [0.3, 0.4) is 0 Å². The summed E-state index contributed by atoms with van der Waals surface area (Å²) in [6, 6.07) is -0.893. The van der Waals surface area contributed by atoms with Crippen molar-refractivity contribution < 1.29 is 19.8 Å². The van der Waals surface area contributed by atoms with Gasteiger partial charge in [-0.2, -0.15) is 0 Å². The number of aliphatic hydroxyl groups excluding tert-OH is 1. The first-order valence-electron chi connectivity index (χ1n) is 7.03. The molecule has 0 bridgehead atoms. The summed E-state index contributed by atoms with van der Waals surface area (Å²) in [6.07, 6.45) is 1.54. The van der Waals surface area contributed by atoms with Crippen LogP contribution in [0.25, 0.3) is 0 Å². The van der Waals surface area contributed by atoms with Gasteiger partial charge in [-0.3, -0.25) is 0 Å². The average Bonchev–Trinajstić information content (AvgIpc) is 2.95. The zero-order valence-corrected chi connectivity index (χ0v) is 12.0. The van der Waals surface area contributed by atoms with E-state index in [-0.39, 0.29) is 19.0 Å². The summed E-state index contributed by atoms with van der Waals surface area (Å²) >= 11 is 0. The lowest BCUT2D eigenvalue weighted by Gasteiger charge is -2.30. The summed E-state index contributed by atoms with van der Waals surface area (Å²) in [5.41, 5.74) is 0. The molecule has 0 aliphatic carbocycles. The third-order valence-corrected chi connectivity index (χ3v) is 4.29. The number of hydrogen-bond donors (Lipinski definition) is 2. The zero-order chi connectivity index (χ0) is 14.9. The molecule has 0 aromatic rings. The van der Waals surface area contributed by atoms with E-state index in [9.17, 15) is 14.7 Å². The van der Waals surface area contributed by atoms with E-state index in [0.717, 1.165) is 19.4 Å². The van der Waals surface area contributed by atoms with Gasteiger partial charge in [0.15, 0.2) is 0 Å². The number of hydrogen-bond acceptors (Lipinski definition) is 4. The van der Waals surface area contributed by atoms with E-state index in [1.165, 1.54) is 4.90 Å². The van der Waals surface area contributed by atoms with Crippen molar-refractivity contribution in [2.75, 3.05) is 33.7 Å². The topological polar surface area (TPSA) is 84.3 Å². The third kappa shape index (κ3) is 3.04. The molecule has 0 radical (unpaired) electrons. The highest BCUT2D eigenvalue weighted by Crippen LogP contribution is 2.21. The number of likely N-dealkylation sites (N-methyl/N-ethyl adjacent to an activating group) is 2. The van der Waals surface area contributed by atoms with Crippen molar-refractivity contribution in [3.05, 3.63) is 0 Å². The standard InChI is InChI=1S/C13H23N3O4/c1-14-5-3-4-9(14)7-15(2)13(20)16-8-10(17)6-11(16)12(18)19/h9-11,17H,3-8H2,1-2H3,(H,18,19)/t9?,10-,11+/m1/s1. The molecule has 3 atom stereocenters. The van der Waals surface area contributed by atoms with Crippen LogP contribution in [0, 0.1) is 0 Å². The van der Waals surface area contributed by atoms with Gasteiger partial charge in [0.05, 0.1) is 6.10 Å². The van der Waals surface area contributed by atoms with Gasteiger partial charge in [0.25, 0.3) is 0 Å². The number of carboxylic acids is 1. The second kappa shape index (κ2) is 5.97. The van der Waals surface area contributed by atoms with Crippen LogP contribution >= 0.6 is 0 Å². The molecule has 114 valence electrons. The number of aliphatic hydroxyl groups is 1. The highest BCUT2D eigenvalue weighted by molar-refractivity contribution is 5.83. The molecule has 7 heteroatoms. The first-order valence-corrected chi connectivity index (χ1v) is 7.03. The molecule has 2 saturated heterocycles. The van der Waals surface area contributed by atoms with Crippen LogP contribution in [-0.2, 0) is 4.79 Å². The van der Waals surface area contributed by atoms with Crippen molar-refractivity contribution in [2.24, 2.45) is 0 Å². The van der Waals surface area contributed by atoms with E-state index in [2.05, 4.69) is 4.90 Å². The van der Waals surface area contributed by atoms with Gasteiger partial charge in [-0.15, -0.1) is 0 Å². The minimum atomic E-state index is -1.05. The number of amides is 2. The lowest BCUT2D eigenvalue weighted by atomic mass is 10.2. The Morgan fingerprint density at radius 1 is 1.40 bits per heavy atom. The van der Waals surface area contributed by atoms with Crippen LogP contribution in [0.15, 0.2) is 0 Å². The van der Waals surface area contributed by atoms with E-state index in [1.54, 1.807) is 11.9 Å². The number of likely N-dealkylation sites (tertiary alicyclic amines) is 2. The molecule has 2 N–H and O–H groups in total. The summed E-state index contributed by atoms with van der Waals surface area (Å²) in [4.78, 5) is 28.6. The summed E-state index contributed by atoms with van der Waals surface area (Å²) < 4.78 is 0. The fourth-order valence-electron chi connectivity index (χ4n) is 3.08. The van der Waals surface area contributed by atoms with Crippen molar-refractivity contribution in [3.63, 3.8) is 0 Å². The largest absolute Gasteiger partial charge is 0.480 e. The van der Waals surface area contributed by atoms with Crippen LogP contribution in [0.4, 0.5) is 4.79 Å². The Morgan fingerprint density at radius 3 is 2.65 bits per heavy atom. The molecule has 2 heterocycles. The monoisotopic (exact) mass is 285 g/mol. The first-order chi connectivity index (χ1) is 9.40. The highest BCUT2D eigenvalue weighted by atomic mass is 16.4. The summed E-state index contributed by atoms with van der Waals surface area (Å²) in [6.45, 7) is 1.72. The maximum Gasteiger partial charge on any atom is 0.326 e. The highest BCUT2D eigenvalue weighted by Gasteiger charge is 2.40. The molecule has 0 aromatic carbocycles. The number of aliphatic carboxylic acids is 1. The van der Waals surface area contributed by atoms with Crippen molar-refractivity contribution in [2.45, 2.75) is 37.5 Å². The Kier molecular flexibility index (Phi) is 4.49. The lowest BCUT2D eigenvalue weighted by molar-refractivity contribution is -0.141. The second-order valence-corrected chi connectivity index (χ2v) is 5.84. The van der Waals surface area contributed by atoms with Gasteiger partial charge in [-0.25, -0.2) is 9.59 Å². The maximum absolute atomic E-state index is 12.4. The molecule has 2 fully saturated rings. The molecule has 1 unspecified atom stereocenters. The molecule has 0 spiro atoms. The lowest BCUT2D eigenvalue weighted by Crippen LogP contribution is -2.49. The van der Waals surface area contributed by atoms with Crippen molar-refractivity contribution in [1.82, 2.24) is 14.7 Å². The Bertz CT molecular complexity index is 390. The smallest absolute Gasteiger partial charge is 0.326 e. The van der Waals surface area contributed by atoms with Crippen LogP contribution in [0.5, 0.6) is 0 Å². The zero-order valence-electron chi connectivity index (χ0n) is 12.0. The van der Waals surface area contributed by atoms with E-state index in [0.29, 0.717) is 12.6 Å². The molecule has 2 aliphatic heterocycles. The van der Waals surface area contributed by atoms with E-state index in [1.807, 2.05) is 7.05 Å². The minimum absolute atomic E-state index is 0.0979. The average molecular weight is 285 g/mol.